The number of alkyl halides is 1. The van der Waals surface area contributed by atoms with Gasteiger partial charge in [0.05, 0.1) is 4.90 Å². The molecule has 0 heterocycles. The summed E-state index contributed by atoms with van der Waals surface area (Å²) in [5, 5.41) is 0. The SMILES string of the molecule is CC1=C(C)C(Sc2c(F)c(F)c(C)c(F)c2F)(C(=O)OCCl)C(C)=C(C)C1=O. The molecule has 0 saturated heterocycles. The number of esters is 1. The Morgan fingerprint density at radius 1 is 0.929 bits per heavy atom. The van der Waals surface area contributed by atoms with E-state index in [1.165, 1.54) is 27.7 Å². The average molecular weight is 437 g/mol. The van der Waals surface area contributed by atoms with E-state index < -0.39 is 50.5 Å². The lowest BCUT2D eigenvalue weighted by Crippen LogP contribution is -2.44. The Morgan fingerprint density at radius 2 is 1.36 bits per heavy atom. The lowest BCUT2D eigenvalue weighted by atomic mass is 9.78. The van der Waals surface area contributed by atoms with Crippen LogP contribution in [0.15, 0.2) is 27.2 Å². The van der Waals surface area contributed by atoms with Gasteiger partial charge in [0.1, 0.15) is 0 Å². The quantitative estimate of drug-likeness (QED) is 0.275. The van der Waals surface area contributed by atoms with E-state index in [0.717, 1.165) is 6.92 Å². The number of Topliss-reactive ketones (excluding diaryl/α,β-unsaturated/α-hetero) is 1. The van der Waals surface area contributed by atoms with E-state index in [1.54, 1.807) is 0 Å². The summed E-state index contributed by atoms with van der Waals surface area (Å²) < 4.78 is 60.1. The summed E-state index contributed by atoms with van der Waals surface area (Å²) in [6.45, 7) is 6.62. The van der Waals surface area contributed by atoms with Crippen molar-refractivity contribution in [2.75, 3.05) is 6.07 Å². The molecule has 2 rings (SSSR count). The molecule has 3 nitrogen and oxygen atoms in total. The van der Waals surface area contributed by atoms with Crippen molar-refractivity contribution in [1.29, 1.82) is 0 Å². The Labute approximate surface area is 168 Å². The van der Waals surface area contributed by atoms with Gasteiger partial charge in [-0.3, -0.25) is 4.79 Å². The molecule has 9 heteroatoms. The third kappa shape index (κ3) is 3.16. The first-order valence-electron chi connectivity index (χ1n) is 8.08. The van der Waals surface area contributed by atoms with Crippen molar-refractivity contribution in [3.05, 3.63) is 51.1 Å². The van der Waals surface area contributed by atoms with Gasteiger partial charge in [-0.15, -0.1) is 0 Å². The van der Waals surface area contributed by atoms with Crippen molar-refractivity contribution >= 4 is 35.1 Å². The molecule has 152 valence electrons. The summed E-state index contributed by atoms with van der Waals surface area (Å²) in [6, 6.07) is -0.560. The largest absolute Gasteiger partial charge is 0.448 e. The van der Waals surface area contributed by atoms with Crippen molar-refractivity contribution in [3.63, 3.8) is 0 Å². The predicted octanol–water partition coefficient (Wildman–Crippen LogP) is 5.38. The maximum absolute atomic E-state index is 14.5. The zero-order chi connectivity index (χ0) is 21.5. The zero-order valence-electron chi connectivity index (χ0n) is 15.7. The lowest BCUT2D eigenvalue weighted by Gasteiger charge is -2.37. The van der Waals surface area contributed by atoms with Gasteiger partial charge in [-0.25, -0.2) is 22.4 Å². The van der Waals surface area contributed by atoms with Gasteiger partial charge in [0.2, 0.25) is 0 Å². The highest BCUT2D eigenvalue weighted by molar-refractivity contribution is 8.02. The molecule has 0 aromatic heterocycles. The van der Waals surface area contributed by atoms with Crippen molar-refractivity contribution in [3.8, 4) is 0 Å². The van der Waals surface area contributed by atoms with Crippen molar-refractivity contribution in [1.82, 2.24) is 0 Å². The summed E-state index contributed by atoms with van der Waals surface area (Å²) in [5.41, 5.74) is -0.212. The van der Waals surface area contributed by atoms with Crippen LogP contribution in [0, 0.1) is 30.2 Å². The molecule has 1 aromatic rings. The predicted molar refractivity (Wildman–Crippen MR) is 98.2 cm³/mol. The minimum absolute atomic E-state index is 0.140. The highest BCUT2D eigenvalue weighted by Gasteiger charge is 2.51. The maximum atomic E-state index is 14.5. The second-order valence-electron chi connectivity index (χ2n) is 6.36. The standard InChI is InChI=1S/C19H17ClF4O3S/c1-7-10(4)19(18(26)27-6-20,11(5)8(2)16(7)25)28-17-14(23)12(21)9(3)13(22)15(17)24/h6H2,1-5H3. The Kier molecular flexibility index (Phi) is 6.35. The Hall–Kier alpha value is -1.80. The van der Waals surface area contributed by atoms with Gasteiger partial charge in [0.25, 0.3) is 0 Å². The third-order valence-corrected chi connectivity index (χ3v) is 6.79. The lowest BCUT2D eigenvalue weighted by molar-refractivity contribution is -0.142. The smallest absolute Gasteiger partial charge is 0.332 e. The maximum Gasteiger partial charge on any atom is 0.332 e. The normalized spacial score (nSPS) is 16.7. The van der Waals surface area contributed by atoms with E-state index in [4.69, 9.17) is 16.3 Å². The number of rotatable bonds is 4. The molecule has 0 atom stereocenters. The first-order valence-corrected chi connectivity index (χ1v) is 9.43. The molecule has 0 saturated carbocycles. The Bertz CT molecular complexity index is 896. The molecule has 28 heavy (non-hydrogen) atoms. The monoisotopic (exact) mass is 436 g/mol. The Balaban J connectivity index is 2.86. The number of carbonyl (C=O) groups is 2. The summed E-state index contributed by atoms with van der Waals surface area (Å²) in [7, 11) is 0. The molecule has 0 amide bonds. The summed E-state index contributed by atoms with van der Waals surface area (Å²) in [5.74, 6) is -7.75. The number of carbonyl (C=O) groups excluding carboxylic acids is 2. The van der Waals surface area contributed by atoms with E-state index in [9.17, 15) is 27.2 Å². The number of halogens is 5. The van der Waals surface area contributed by atoms with Gasteiger partial charge >= 0.3 is 5.97 Å². The number of ether oxygens (including phenoxy) is 1. The van der Waals surface area contributed by atoms with Crippen LogP contribution < -0.4 is 0 Å². The second kappa shape index (κ2) is 7.91. The molecule has 0 unspecified atom stereocenters. The van der Waals surface area contributed by atoms with E-state index >= 15 is 0 Å². The van der Waals surface area contributed by atoms with Gasteiger partial charge in [0, 0.05) is 5.56 Å². The molecule has 0 spiro atoms. The molecule has 0 fully saturated rings. The van der Waals surface area contributed by atoms with E-state index in [-0.39, 0.29) is 39.8 Å². The minimum Gasteiger partial charge on any atom is -0.448 e. The van der Waals surface area contributed by atoms with Crippen LogP contribution in [-0.4, -0.2) is 22.6 Å². The van der Waals surface area contributed by atoms with E-state index in [2.05, 4.69) is 0 Å². The van der Waals surface area contributed by atoms with Crippen LogP contribution in [0.2, 0.25) is 0 Å². The van der Waals surface area contributed by atoms with Crippen LogP contribution in [-0.2, 0) is 14.3 Å². The van der Waals surface area contributed by atoms with Gasteiger partial charge in [0.15, 0.2) is 39.9 Å². The fraction of sp³-hybridized carbons (Fsp3) is 0.368. The number of thioether (sulfide) groups is 1. The van der Waals surface area contributed by atoms with Crippen LogP contribution >= 0.6 is 23.4 Å². The van der Waals surface area contributed by atoms with E-state index in [0.29, 0.717) is 0 Å². The van der Waals surface area contributed by atoms with Crippen molar-refractivity contribution in [2.45, 2.75) is 44.3 Å². The van der Waals surface area contributed by atoms with Crippen LogP contribution in [0.1, 0.15) is 33.3 Å². The molecule has 1 aliphatic rings. The molecule has 0 N–H and O–H groups in total. The highest BCUT2D eigenvalue weighted by Crippen LogP contribution is 2.51. The number of hydrogen-bond acceptors (Lipinski definition) is 4. The number of ketones is 1. The highest BCUT2D eigenvalue weighted by atomic mass is 35.5. The van der Waals surface area contributed by atoms with Gasteiger partial charge in [-0.2, -0.15) is 0 Å². The van der Waals surface area contributed by atoms with E-state index in [1.807, 2.05) is 0 Å². The first kappa shape index (κ1) is 22.5. The molecular formula is C19H17ClF4O3S. The van der Waals surface area contributed by atoms with Gasteiger partial charge in [-0.05, 0) is 56.9 Å². The molecule has 0 aliphatic heterocycles. The minimum atomic E-state index is -1.91. The summed E-state index contributed by atoms with van der Waals surface area (Å²) >= 11 is 5.74. The van der Waals surface area contributed by atoms with Crippen LogP contribution in [0.3, 0.4) is 0 Å². The average Bonchev–Trinajstić information content (AvgIpc) is 2.67. The van der Waals surface area contributed by atoms with Gasteiger partial charge in [-0.1, -0.05) is 23.4 Å². The van der Waals surface area contributed by atoms with Crippen LogP contribution in [0.25, 0.3) is 0 Å². The summed E-state index contributed by atoms with van der Waals surface area (Å²) in [4.78, 5) is 24.2. The summed E-state index contributed by atoms with van der Waals surface area (Å²) in [6.07, 6.45) is 0. The molecule has 0 radical (unpaired) electrons. The fourth-order valence-electron chi connectivity index (χ4n) is 3.05. The topological polar surface area (TPSA) is 43.4 Å². The second-order valence-corrected chi connectivity index (χ2v) is 7.81. The van der Waals surface area contributed by atoms with Crippen LogP contribution in [0.4, 0.5) is 17.6 Å². The molecule has 1 aliphatic carbocycles. The third-order valence-electron chi connectivity index (χ3n) is 5.03. The molecule has 1 aromatic carbocycles. The first-order chi connectivity index (χ1) is 12.9. The number of hydrogen-bond donors (Lipinski definition) is 0. The molecular weight excluding hydrogens is 420 g/mol. The van der Waals surface area contributed by atoms with Gasteiger partial charge < -0.3 is 4.74 Å². The van der Waals surface area contributed by atoms with Crippen molar-refractivity contribution in [2.24, 2.45) is 0 Å². The number of benzene rings is 1. The number of allylic oxidation sites excluding steroid dienone is 2. The Morgan fingerprint density at radius 3 is 1.75 bits per heavy atom. The van der Waals surface area contributed by atoms with Crippen LogP contribution in [0.5, 0.6) is 0 Å². The van der Waals surface area contributed by atoms with Crippen molar-refractivity contribution < 1.29 is 31.9 Å². The molecule has 0 bridgehead atoms. The zero-order valence-corrected chi connectivity index (χ0v) is 17.3. The fourth-order valence-corrected chi connectivity index (χ4v) is 4.57.